The van der Waals surface area contributed by atoms with Gasteiger partial charge in [-0.3, -0.25) is 14.3 Å². The second kappa shape index (κ2) is 17.1. The molecular formula is C41H46N5O8P. The third-order valence-corrected chi connectivity index (χ3v) is 11.2. The molecule has 14 heteroatoms. The average Bonchev–Trinajstić information content (AvgIpc) is 3.87. The Labute approximate surface area is 321 Å². The molecule has 2 aromatic heterocycles. The first-order valence-electron chi connectivity index (χ1n) is 17.9. The van der Waals surface area contributed by atoms with Crippen LogP contribution < -0.4 is 26.2 Å². The number of nitrogens with zero attached hydrogens (tertiary/aromatic N) is 3. The fourth-order valence-corrected chi connectivity index (χ4v) is 8.21. The highest BCUT2D eigenvalue weighted by atomic mass is 31.2. The molecule has 2 N–H and O–H groups in total. The monoisotopic (exact) mass is 767 g/mol. The predicted molar refractivity (Wildman–Crippen MR) is 207 cm³/mol. The molecule has 6 rings (SSSR count). The molecule has 55 heavy (non-hydrogen) atoms. The summed E-state index contributed by atoms with van der Waals surface area (Å²) in [6, 6.07) is 27.6. The molecule has 13 nitrogen and oxygen atoms in total. The average molecular weight is 768 g/mol. The summed E-state index contributed by atoms with van der Waals surface area (Å²) in [7, 11) is 1.40. The number of hydrogen-bond donors (Lipinski definition) is 2. The number of ether oxygens (including phenoxy) is 4. The molecule has 1 saturated heterocycles. The molecule has 0 saturated carbocycles. The number of H-pyrrole nitrogens is 2. The summed E-state index contributed by atoms with van der Waals surface area (Å²) in [5.41, 5.74) is 0.860. The number of hydrogen-bond acceptors (Lipinski definition) is 10. The van der Waals surface area contributed by atoms with Crippen LogP contribution >= 0.6 is 8.38 Å². The van der Waals surface area contributed by atoms with Gasteiger partial charge in [0.15, 0.2) is 0 Å². The zero-order chi connectivity index (χ0) is 39.2. The molecule has 1 aliphatic heterocycles. The predicted octanol–water partition coefficient (Wildman–Crippen LogP) is 6.25. The zero-order valence-corrected chi connectivity index (χ0v) is 32.6. The lowest BCUT2D eigenvalue weighted by molar-refractivity contribution is -0.0921. The van der Waals surface area contributed by atoms with Gasteiger partial charge in [0.2, 0.25) is 8.38 Å². The molecule has 3 heterocycles. The van der Waals surface area contributed by atoms with Gasteiger partial charge in [0.05, 0.1) is 58.0 Å². The van der Waals surface area contributed by atoms with Crippen LogP contribution in [-0.2, 0) is 24.1 Å². The number of methoxy groups -OCH3 is 2. The van der Waals surface area contributed by atoms with Gasteiger partial charge in [0.25, 0.3) is 5.56 Å². The van der Waals surface area contributed by atoms with Crippen molar-refractivity contribution >= 4 is 13.8 Å². The summed E-state index contributed by atoms with van der Waals surface area (Å²) in [4.78, 5) is 35.2. The Morgan fingerprint density at radius 1 is 0.964 bits per heavy atom. The van der Waals surface area contributed by atoms with E-state index < -0.39 is 49.8 Å². The highest BCUT2D eigenvalue weighted by Gasteiger charge is 2.45. The largest absolute Gasteiger partial charge is 0.497 e. The molecule has 0 spiro atoms. The van der Waals surface area contributed by atoms with Crippen LogP contribution in [0, 0.1) is 23.7 Å². The lowest BCUT2D eigenvalue weighted by atomic mass is 9.80. The van der Waals surface area contributed by atoms with Crippen LogP contribution in [-0.4, -0.2) is 58.7 Å². The van der Waals surface area contributed by atoms with Crippen molar-refractivity contribution in [3.8, 4) is 17.6 Å². The van der Waals surface area contributed by atoms with E-state index in [4.69, 9.17) is 28.0 Å². The quantitative estimate of drug-likeness (QED) is 0.0920. The van der Waals surface area contributed by atoms with Crippen LogP contribution in [0.15, 0.2) is 107 Å². The Balaban J connectivity index is 1.43. The Bertz CT molecular complexity index is 2110. The number of aryl methyl sites for hydroxylation is 1. The molecule has 1 fully saturated rings. The molecule has 1 aliphatic rings. The summed E-state index contributed by atoms with van der Waals surface area (Å²) < 4.78 is 39.8. The number of benzene rings is 3. The number of nitriles is 1. The van der Waals surface area contributed by atoms with Gasteiger partial charge in [-0.2, -0.15) is 5.26 Å². The number of aromatic amines is 2. The molecule has 288 valence electrons. The van der Waals surface area contributed by atoms with E-state index in [1.807, 2.05) is 99.6 Å². The summed E-state index contributed by atoms with van der Waals surface area (Å²) in [6.45, 7) is 7.65. The Hall–Kier alpha value is -5.09. The minimum atomic E-state index is -1.84. The van der Waals surface area contributed by atoms with Gasteiger partial charge in [-0.15, -0.1) is 0 Å². The molecular weight excluding hydrogens is 721 g/mol. The van der Waals surface area contributed by atoms with Crippen molar-refractivity contribution in [2.75, 3.05) is 20.8 Å². The van der Waals surface area contributed by atoms with Crippen molar-refractivity contribution in [1.82, 2.24) is 19.5 Å². The van der Waals surface area contributed by atoms with Gasteiger partial charge < -0.3 is 33.0 Å². The van der Waals surface area contributed by atoms with Crippen LogP contribution in [0.3, 0.4) is 0 Å². The topological polar surface area (TPSA) is 163 Å². The van der Waals surface area contributed by atoms with E-state index in [0.29, 0.717) is 22.5 Å². The van der Waals surface area contributed by atoms with Crippen LogP contribution in [0.2, 0.25) is 0 Å². The van der Waals surface area contributed by atoms with E-state index in [2.05, 4.69) is 21.0 Å². The van der Waals surface area contributed by atoms with E-state index in [9.17, 15) is 14.9 Å². The van der Waals surface area contributed by atoms with Crippen molar-refractivity contribution in [2.24, 2.45) is 5.41 Å². The number of rotatable bonds is 15. The highest BCUT2D eigenvalue weighted by molar-refractivity contribution is 7.55. The highest BCUT2D eigenvalue weighted by Crippen LogP contribution is 2.48. The fourth-order valence-electron chi connectivity index (χ4n) is 6.52. The molecule has 5 aromatic rings. The zero-order valence-electron chi connectivity index (χ0n) is 31.7. The smallest absolute Gasteiger partial charge is 0.330 e. The number of nitrogens with one attached hydrogen (secondary N) is 2. The van der Waals surface area contributed by atoms with Crippen molar-refractivity contribution in [1.29, 1.82) is 5.26 Å². The summed E-state index contributed by atoms with van der Waals surface area (Å²) in [5.74, 6) is 1.38. The fraction of sp³-hybridized carbons (Fsp3) is 0.366. The van der Waals surface area contributed by atoms with Gasteiger partial charge in [-0.05, 0) is 53.3 Å². The molecule has 0 aliphatic carbocycles. The molecule has 5 atom stereocenters. The first kappa shape index (κ1) is 39.6. The summed E-state index contributed by atoms with van der Waals surface area (Å²) in [6.07, 6.45) is 2.33. The van der Waals surface area contributed by atoms with Gasteiger partial charge >= 0.3 is 5.69 Å². The maximum Gasteiger partial charge on any atom is 0.330 e. The maximum absolute atomic E-state index is 13.2. The van der Waals surface area contributed by atoms with E-state index in [1.54, 1.807) is 33.7 Å². The summed E-state index contributed by atoms with van der Waals surface area (Å²) in [5, 5.41) is 9.69. The normalized spacial score (nSPS) is 18.4. The summed E-state index contributed by atoms with van der Waals surface area (Å²) >= 11 is 0. The van der Waals surface area contributed by atoms with Crippen molar-refractivity contribution in [3.05, 3.63) is 141 Å². The second-order valence-electron chi connectivity index (χ2n) is 14.3. The van der Waals surface area contributed by atoms with Crippen LogP contribution in [0.5, 0.6) is 11.5 Å². The van der Waals surface area contributed by atoms with Crippen molar-refractivity contribution in [3.63, 3.8) is 0 Å². The first-order chi connectivity index (χ1) is 26.5. The third-order valence-electron chi connectivity index (χ3n) is 9.65. The number of aromatic nitrogens is 4. The second-order valence-corrected chi connectivity index (χ2v) is 15.7. The standard InChI is InChI=1S/C41H46N5O8P/c1-27-24-46(39(48)45-38(27)47)37-22-33(53-55(36-23-43-26-44-36)54-35(20-21-42)40(2,3)4)34(52-37)25-51-41(28-10-8-7-9-11-28,29-12-16-31(49-5)17-13-29)30-14-18-32(50-6)19-15-30/h7-19,23-24,26,33-35,37H,20,22,25H2,1-6H3,(H,43,44)(H,45,47,48)/t33-,34+,35?,37+,55?/m0/s1. The molecule has 0 bridgehead atoms. The van der Waals surface area contributed by atoms with Gasteiger partial charge in [0.1, 0.15) is 34.9 Å². The molecule has 2 unspecified atom stereocenters. The minimum Gasteiger partial charge on any atom is -0.497 e. The first-order valence-corrected chi connectivity index (χ1v) is 19.1. The van der Waals surface area contributed by atoms with E-state index >= 15 is 0 Å². The van der Waals surface area contributed by atoms with Crippen molar-refractivity contribution in [2.45, 2.75) is 70.7 Å². The van der Waals surface area contributed by atoms with E-state index in [0.717, 1.165) is 16.7 Å². The van der Waals surface area contributed by atoms with Crippen molar-refractivity contribution < 1.29 is 28.0 Å². The van der Waals surface area contributed by atoms with Crippen LogP contribution in [0.4, 0.5) is 0 Å². The Kier molecular flexibility index (Phi) is 12.3. The van der Waals surface area contributed by atoms with Crippen LogP contribution in [0.1, 0.15) is 62.1 Å². The van der Waals surface area contributed by atoms with Gasteiger partial charge in [-0.1, -0.05) is 75.4 Å². The lowest BCUT2D eigenvalue weighted by Gasteiger charge is -2.37. The Morgan fingerprint density at radius 2 is 1.58 bits per heavy atom. The molecule has 0 amide bonds. The van der Waals surface area contributed by atoms with Gasteiger partial charge in [-0.25, -0.2) is 9.78 Å². The van der Waals surface area contributed by atoms with E-state index in [-0.39, 0.29) is 24.9 Å². The SMILES string of the molecule is COc1ccc(C(OC[C@H]2O[C@@H](n3cc(C)c(=O)[nH]c3=O)C[C@@H]2OP(OC(CC#N)C(C)(C)C)c2cnc[nH]2)(c2ccccc2)c2ccc(OC)cc2)cc1. The van der Waals surface area contributed by atoms with Crippen LogP contribution in [0.25, 0.3) is 0 Å². The van der Waals surface area contributed by atoms with E-state index in [1.165, 1.54) is 10.8 Å². The lowest BCUT2D eigenvalue weighted by Crippen LogP contribution is -2.39. The third kappa shape index (κ3) is 8.75. The minimum absolute atomic E-state index is 0.00174. The molecule has 3 aromatic carbocycles. The molecule has 0 radical (unpaired) electrons. The number of imidazole rings is 1. The van der Waals surface area contributed by atoms with Gasteiger partial charge in [0, 0.05) is 18.2 Å². The maximum atomic E-state index is 13.2. The Morgan fingerprint density at radius 3 is 2.13 bits per heavy atom.